The molecule has 1 saturated heterocycles. The van der Waals surface area contributed by atoms with Crippen molar-refractivity contribution in [2.75, 3.05) is 19.6 Å². The van der Waals surface area contributed by atoms with Gasteiger partial charge in [0.25, 0.3) is 0 Å². The summed E-state index contributed by atoms with van der Waals surface area (Å²) < 4.78 is 5.03. The van der Waals surface area contributed by atoms with Crippen LogP contribution in [-0.2, 0) is 9.53 Å². The van der Waals surface area contributed by atoms with Crippen LogP contribution in [0.5, 0.6) is 0 Å². The first-order valence-electron chi connectivity index (χ1n) is 6.17. The molecule has 18 heavy (non-hydrogen) atoms. The standard InChI is InChI=1S/C12H22N3O3/c1-8-5-13-6-9(8)15-10(16)7-14-11(17)18-12(2,3)4/h8-9H,5-7H2,1-4H3,(H,14,17)(H,15,16). The maximum absolute atomic E-state index is 11.6. The van der Waals surface area contributed by atoms with Gasteiger partial charge in [-0.2, -0.15) is 0 Å². The van der Waals surface area contributed by atoms with Gasteiger partial charge in [-0.1, -0.05) is 6.92 Å². The van der Waals surface area contributed by atoms with Crippen molar-refractivity contribution in [3.8, 4) is 0 Å². The molecule has 2 unspecified atom stereocenters. The smallest absolute Gasteiger partial charge is 0.408 e. The second-order valence-corrected chi connectivity index (χ2v) is 5.60. The predicted molar refractivity (Wildman–Crippen MR) is 67.2 cm³/mol. The van der Waals surface area contributed by atoms with Crippen molar-refractivity contribution in [3.63, 3.8) is 0 Å². The maximum Gasteiger partial charge on any atom is 0.408 e. The van der Waals surface area contributed by atoms with Crippen LogP contribution < -0.4 is 16.0 Å². The van der Waals surface area contributed by atoms with Crippen LogP contribution in [0.25, 0.3) is 0 Å². The third-order valence-electron chi connectivity index (χ3n) is 2.57. The number of alkyl carbamates (subject to hydrolysis) is 1. The zero-order valence-corrected chi connectivity index (χ0v) is 11.4. The van der Waals surface area contributed by atoms with Crippen molar-refractivity contribution in [2.24, 2.45) is 5.92 Å². The summed E-state index contributed by atoms with van der Waals surface area (Å²) in [4.78, 5) is 22.9. The van der Waals surface area contributed by atoms with Crippen LogP contribution in [0.2, 0.25) is 0 Å². The summed E-state index contributed by atoms with van der Waals surface area (Å²) in [7, 11) is 0. The molecule has 1 aliphatic heterocycles. The van der Waals surface area contributed by atoms with Gasteiger partial charge in [-0.25, -0.2) is 10.1 Å². The molecule has 0 aromatic rings. The second-order valence-electron chi connectivity index (χ2n) is 5.60. The minimum absolute atomic E-state index is 0.0713. The molecule has 0 aliphatic carbocycles. The van der Waals surface area contributed by atoms with Crippen LogP contribution in [0.3, 0.4) is 0 Å². The minimum atomic E-state index is -0.582. The zero-order chi connectivity index (χ0) is 13.8. The first-order valence-corrected chi connectivity index (χ1v) is 6.17. The van der Waals surface area contributed by atoms with E-state index in [0.717, 1.165) is 6.54 Å². The number of nitrogens with zero attached hydrogens (tertiary/aromatic N) is 1. The molecule has 6 heteroatoms. The van der Waals surface area contributed by atoms with E-state index in [1.54, 1.807) is 20.8 Å². The largest absolute Gasteiger partial charge is 0.444 e. The molecular formula is C12H22N3O3. The van der Waals surface area contributed by atoms with Gasteiger partial charge >= 0.3 is 6.09 Å². The predicted octanol–water partition coefficient (Wildman–Crippen LogP) is 0.250. The highest BCUT2D eigenvalue weighted by Gasteiger charge is 2.25. The topological polar surface area (TPSA) is 81.5 Å². The van der Waals surface area contributed by atoms with Gasteiger partial charge in [-0.05, 0) is 26.7 Å². The van der Waals surface area contributed by atoms with Gasteiger partial charge in [0.2, 0.25) is 5.91 Å². The van der Waals surface area contributed by atoms with Crippen molar-refractivity contribution in [1.29, 1.82) is 0 Å². The summed E-state index contributed by atoms with van der Waals surface area (Å²) >= 11 is 0. The lowest BCUT2D eigenvalue weighted by atomic mass is 10.1. The Balaban J connectivity index is 2.23. The Bertz CT molecular complexity index is 312. The number of rotatable bonds is 3. The molecule has 6 nitrogen and oxygen atoms in total. The van der Waals surface area contributed by atoms with Gasteiger partial charge in [-0.15, -0.1) is 0 Å². The van der Waals surface area contributed by atoms with Gasteiger partial charge in [-0.3, -0.25) is 4.79 Å². The van der Waals surface area contributed by atoms with E-state index in [-0.39, 0.29) is 18.5 Å². The highest BCUT2D eigenvalue weighted by atomic mass is 16.6. The fraction of sp³-hybridized carbons (Fsp3) is 0.833. The molecule has 1 rings (SSSR count). The van der Waals surface area contributed by atoms with Crippen LogP contribution in [-0.4, -0.2) is 43.3 Å². The SMILES string of the molecule is CC1C[N]CC1NC(=O)CNC(=O)OC(C)(C)C. The van der Waals surface area contributed by atoms with Gasteiger partial charge < -0.3 is 15.4 Å². The normalized spacial score (nSPS) is 23.6. The number of nitrogens with one attached hydrogen (secondary N) is 2. The number of carbonyl (C=O) groups is 2. The lowest BCUT2D eigenvalue weighted by Gasteiger charge is -2.20. The molecule has 0 saturated carbocycles. The summed E-state index contributed by atoms with van der Waals surface area (Å²) in [5.41, 5.74) is -0.556. The second kappa shape index (κ2) is 6.04. The zero-order valence-electron chi connectivity index (χ0n) is 11.4. The number of carbonyl (C=O) groups excluding carboxylic acids is 2. The Morgan fingerprint density at radius 1 is 1.33 bits per heavy atom. The van der Waals surface area contributed by atoms with Gasteiger partial charge in [0.05, 0.1) is 0 Å². The highest BCUT2D eigenvalue weighted by Crippen LogP contribution is 2.08. The fourth-order valence-electron chi connectivity index (χ4n) is 1.64. The Morgan fingerprint density at radius 2 is 2.00 bits per heavy atom. The average Bonchev–Trinajstić information content (AvgIpc) is 2.59. The molecule has 2 atom stereocenters. The molecule has 2 N–H and O–H groups in total. The molecule has 0 spiro atoms. The van der Waals surface area contributed by atoms with E-state index in [2.05, 4.69) is 16.0 Å². The first-order chi connectivity index (χ1) is 8.28. The molecule has 2 amide bonds. The molecular weight excluding hydrogens is 234 g/mol. The Morgan fingerprint density at radius 3 is 2.50 bits per heavy atom. The number of hydrogen-bond donors (Lipinski definition) is 2. The average molecular weight is 256 g/mol. The summed E-state index contributed by atoms with van der Waals surface area (Å²) in [5, 5.41) is 9.48. The van der Waals surface area contributed by atoms with Crippen LogP contribution in [0.4, 0.5) is 4.79 Å². The number of amides is 2. The molecule has 0 aromatic heterocycles. The monoisotopic (exact) mass is 256 g/mol. The van der Waals surface area contributed by atoms with E-state index in [9.17, 15) is 9.59 Å². The van der Waals surface area contributed by atoms with Crippen molar-refractivity contribution < 1.29 is 14.3 Å². The van der Waals surface area contributed by atoms with Gasteiger partial charge in [0, 0.05) is 19.1 Å². The third kappa shape index (κ3) is 5.35. The van der Waals surface area contributed by atoms with E-state index in [4.69, 9.17) is 4.74 Å². The van der Waals surface area contributed by atoms with Crippen LogP contribution in [0, 0.1) is 5.92 Å². The molecule has 0 aromatic carbocycles. The van der Waals surface area contributed by atoms with Crippen LogP contribution in [0.15, 0.2) is 0 Å². The molecule has 1 radical (unpaired) electrons. The van der Waals surface area contributed by atoms with Gasteiger partial charge in [0.15, 0.2) is 0 Å². The van der Waals surface area contributed by atoms with Crippen LogP contribution in [0.1, 0.15) is 27.7 Å². The summed E-state index contributed by atoms with van der Waals surface area (Å²) in [5.74, 6) is 0.144. The molecule has 1 fully saturated rings. The summed E-state index contributed by atoms with van der Waals surface area (Å²) in [6.07, 6.45) is -0.582. The lowest BCUT2D eigenvalue weighted by Crippen LogP contribution is -2.45. The summed E-state index contributed by atoms with van der Waals surface area (Å²) in [6.45, 7) is 8.72. The van der Waals surface area contributed by atoms with Crippen molar-refractivity contribution in [2.45, 2.75) is 39.3 Å². The molecule has 1 heterocycles. The van der Waals surface area contributed by atoms with Gasteiger partial charge in [0.1, 0.15) is 12.1 Å². The van der Waals surface area contributed by atoms with E-state index in [1.165, 1.54) is 0 Å². The van der Waals surface area contributed by atoms with E-state index >= 15 is 0 Å². The molecule has 103 valence electrons. The lowest BCUT2D eigenvalue weighted by molar-refractivity contribution is -0.121. The number of hydrogen-bond acceptors (Lipinski definition) is 3. The van der Waals surface area contributed by atoms with Crippen molar-refractivity contribution >= 4 is 12.0 Å². The Kier molecular flexibility index (Phi) is 4.95. The molecule has 1 aliphatic rings. The van der Waals surface area contributed by atoms with Crippen molar-refractivity contribution in [1.82, 2.24) is 16.0 Å². The van der Waals surface area contributed by atoms with Crippen LogP contribution >= 0.6 is 0 Å². The highest BCUT2D eigenvalue weighted by molar-refractivity contribution is 5.82. The minimum Gasteiger partial charge on any atom is -0.444 e. The fourth-order valence-corrected chi connectivity index (χ4v) is 1.64. The number of ether oxygens (including phenoxy) is 1. The quantitative estimate of drug-likeness (QED) is 0.759. The van der Waals surface area contributed by atoms with E-state index in [1.807, 2.05) is 6.92 Å². The maximum atomic E-state index is 11.6. The van der Waals surface area contributed by atoms with E-state index in [0.29, 0.717) is 12.5 Å². The third-order valence-corrected chi connectivity index (χ3v) is 2.57. The first kappa shape index (κ1) is 14.8. The Labute approximate surface area is 108 Å². The summed E-state index contributed by atoms with van der Waals surface area (Å²) in [6, 6.07) is 0.0814. The molecule has 0 bridgehead atoms. The Hall–Kier alpha value is -1.30. The van der Waals surface area contributed by atoms with Crippen molar-refractivity contribution in [3.05, 3.63) is 0 Å². The van der Waals surface area contributed by atoms with E-state index < -0.39 is 11.7 Å².